The second-order valence-corrected chi connectivity index (χ2v) is 8.10. The van der Waals surface area contributed by atoms with Gasteiger partial charge < -0.3 is 23.5 Å². The number of rotatable bonds is 12. The van der Waals surface area contributed by atoms with Gasteiger partial charge in [-0.1, -0.05) is 48.6 Å². The smallest absolute Gasteiger partial charge is 1.00 e. The molecule has 2 unspecified atom stereocenters. The molecule has 0 aliphatic carbocycles. The van der Waals surface area contributed by atoms with Crippen molar-refractivity contribution in [2.75, 3.05) is 5.32 Å². The van der Waals surface area contributed by atoms with Crippen LogP contribution in [0.5, 0.6) is 0 Å². The summed E-state index contributed by atoms with van der Waals surface area (Å²) in [6, 6.07) is 16.5. The van der Waals surface area contributed by atoms with Crippen LogP contribution in [0.25, 0.3) is 6.08 Å². The van der Waals surface area contributed by atoms with E-state index in [-0.39, 0.29) is 73.6 Å². The minimum absolute atomic E-state index is 0. The molecule has 7 nitrogen and oxygen atoms in total. The van der Waals surface area contributed by atoms with E-state index < -0.39 is 30.4 Å². The molecule has 2 aromatic carbocycles. The first-order chi connectivity index (χ1) is 14.8. The SMILES string of the molecule is O=C(O)CCCC(O)C(/C=C/c1ccccc1)Sc1cccc(NC(=O)CC(=O)O)c1.[H-].[H-].[Na+].[Na+]. The Labute approximate surface area is 244 Å². The Morgan fingerprint density at radius 1 is 1.00 bits per heavy atom. The molecule has 0 saturated heterocycles. The van der Waals surface area contributed by atoms with Crippen LogP contribution in [0.3, 0.4) is 0 Å². The normalized spacial score (nSPS) is 12.2. The molecule has 0 heterocycles. The van der Waals surface area contributed by atoms with Gasteiger partial charge in [-0.05, 0) is 36.6 Å². The summed E-state index contributed by atoms with van der Waals surface area (Å²) in [6.45, 7) is 0. The van der Waals surface area contributed by atoms with E-state index in [9.17, 15) is 19.5 Å². The van der Waals surface area contributed by atoms with Crippen LogP contribution >= 0.6 is 11.8 Å². The monoisotopic (exact) mass is 491 g/mol. The number of thioether (sulfide) groups is 1. The van der Waals surface area contributed by atoms with E-state index in [4.69, 9.17) is 10.2 Å². The zero-order chi connectivity index (χ0) is 22.6. The van der Waals surface area contributed by atoms with Gasteiger partial charge in [-0.15, -0.1) is 11.8 Å². The molecule has 2 aromatic rings. The van der Waals surface area contributed by atoms with Crippen molar-refractivity contribution in [1.29, 1.82) is 0 Å². The van der Waals surface area contributed by atoms with Crippen LogP contribution in [-0.4, -0.2) is 44.5 Å². The van der Waals surface area contributed by atoms with Gasteiger partial charge in [-0.3, -0.25) is 14.4 Å². The predicted molar refractivity (Wildman–Crippen MR) is 122 cm³/mol. The standard InChI is InChI=1S/C23H25NO6S.2Na.2H/c25-19(10-5-11-22(27)28)20(13-12-16-6-2-1-3-7-16)31-18-9-4-8-17(14-18)24-21(26)15-23(29)30;;;;/h1-4,6-9,12-14,19-20,25H,5,10-11,15H2,(H,24,26)(H,27,28)(H,29,30);;;;/q;2*+1;2*-1/b13-12+;;;;. The van der Waals surface area contributed by atoms with E-state index in [1.807, 2.05) is 48.6 Å². The zero-order valence-corrected chi connectivity index (χ0v) is 23.6. The number of carboxylic acid groups (broad SMARTS) is 2. The quantitative estimate of drug-likeness (QED) is 0.156. The maximum atomic E-state index is 11.7. The molecular weight excluding hydrogens is 464 g/mol. The van der Waals surface area contributed by atoms with Crippen molar-refractivity contribution in [3.05, 3.63) is 66.2 Å². The summed E-state index contributed by atoms with van der Waals surface area (Å²) >= 11 is 1.38. The van der Waals surface area contributed by atoms with Crippen LogP contribution in [0.1, 0.15) is 34.1 Å². The first-order valence-electron chi connectivity index (χ1n) is 9.75. The van der Waals surface area contributed by atoms with Crippen molar-refractivity contribution in [2.24, 2.45) is 0 Å². The number of aliphatic hydroxyl groups is 1. The molecule has 168 valence electrons. The Kier molecular flexibility index (Phi) is 16.8. The largest absolute Gasteiger partial charge is 1.00 e. The number of benzene rings is 2. The summed E-state index contributed by atoms with van der Waals surface area (Å²) < 4.78 is 0. The number of carboxylic acids is 2. The number of carbonyl (C=O) groups is 3. The van der Waals surface area contributed by atoms with E-state index in [0.717, 1.165) is 10.5 Å². The number of amides is 1. The maximum Gasteiger partial charge on any atom is 1.00 e. The van der Waals surface area contributed by atoms with Gasteiger partial charge >= 0.3 is 71.1 Å². The van der Waals surface area contributed by atoms with Crippen molar-refractivity contribution in [3.63, 3.8) is 0 Å². The number of hydrogen-bond acceptors (Lipinski definition) is 5. The molecule has 0 radical (unpaired) electrons. The summed E-state index contributed by atoms with van der Waals surface area (Å²) in [5.41, 5.74) is 1.43. The number of aliphatic hydroxyl groups excluding tert-OH is 1. The Bertz CT molecular complexity index is 937. The average Bonchev–Trinajstić information content (AvgIpc) is 2.71. The molecule has 4 N–H and O–H groups in total. The van der Waals surface area contributed by atoms with Crippen LogP contribution in [0, 0.1) is 0 Å². The van der Waals surface area contributed by atoms with Gasteiger partial charge in [0.05, 0.1) is 11.4 Å². The maximum absolute atomic E-state index is 11.7. The van der Waals surface area contributed by atoms with Crippen LogP contribution < -0.4 is 64.4 Å². The summed E-state index contributed by atoms with van der Waals surface area (Å²) in [6.07, 6.45) is 3.06. The molecule has 0 saturated carbocycles. The Hall–Kier alpha value is -1.10. The van der Waals surface area contributed by atoms with Gasteiger partial charge in [-0.2, -0.15) is 0 Å². The summed E-state index contributed by atoms with van der Waals surface area (Å²) in [5, 5.41) is 30.4. The first-order valence-corrected chi connectivity index (χ1v) is 10.6. The number of anilines is 1. The van der Waals surface area contributed by atoms with Crippen LogP contribution in [0.15, 0.2) is 65.6 Å². The summed E-state index contributed by atoms with van der Waals surface area (Å²) in [4.78, 5) is 33.9. The van der Waals surface area contributed by atoms with E-state index in [0.29, 0.717) is 18.5 Å². The molecule has 0 bridgehead atoms. The number of hydrogen-bond donors (Lipinski definition) is 4. The molecule has 33 heavy (non-hydrogen) atoms. The Morgan fingerprint density at radius 2 is 1.70 bits per heavy atom. The van der Waals surface area contributed by atoms with Gasteiger partial charge in [0.2, 0.25) is 5.91 Å². The fourth-order valence-corrected chi connectivity index (χ4v) is 3.91. The van der Waals surface area contributed by atoms with E-state index in [2.05, 4.69) is 5.32 Å². The molecular formula is C23H27NNa2O6S. The van der Waals surface area contributed by atoms with E-state index in [1.165, 1.54) is 11.8 Å². The van der Waals surface area contributed by atoms with Crippen molar-refractivity contribution in [2.45, 2.75) is 41.9 Å². The number of carbonyl (C=O) groups excluding carboxylic acids is 1. The average molecular weight is 492 g/mol. The minimum Gasteiger partial charge on any atom is -1.00 e. The second kappa shape index (κ2) is 17.4. The van der Waals surface area contributed by atoms with Crippen molar-refractivity contribution in [1.82, 2.24) is 0 Å². The Balaban J connectivity index is -0.00000256. The van der Waals surface area contributed by atoms with Crippen molar-refractivity contribution < 1.29 is 91.7 Å². The molecule has 10 heteroatoms. The molecule has 0 aliphatic rings. The van der Waals surface area contributed by atoms with Crippen molar-refractivity contribution in [3.8, 4) is 0 Å². The number of aliphatic carboxylic acids is 2. The second-order valence-electron chi connectivity index (χ2n) is 6.85. The predicted octanol–water partition coefficient (Wildman–Crippen LogP) is -1.88. The number of nitrogens with one attached hydrogen (secondary N) is 1. The molecule has 0 aliphatic heterocycles. The molecule has 2 atom stereocenters. The fourth-order valence-electron chi connectivity index (χ4n) is 2.79. The van der Waals surface area contributed by atoms with Crippen LogP contribution in [0.2, 0.25) is 0 Å². The van der Waals surface area contributed by atoms with Gasteiger partial charge in [-0.25, -0.2) is 0 Å². The third-order valence-corrected chi connectivity index (χ3v) is 5.52. The van der Waals surface area contributed by atoms with Crippen LogP contribution in [-0.2, 0) is 14.4 Å². The fraction of sp³-hybridized carbons (Fsp3) is 0.261. The van der Waals surface area contributed by atoms with Crippen LogP contribution in [0.4, 0.5) is 5.69 Å². The molecule has 0 aromatic heterocycles. The minimum atomic E-state index is -1.21. The summed E-state index contributed by atoms with van der Waals surface area (Å²) in [7, 11) is 0. The van der Waals surface area contributed by atoms with Gasteiger partial charge in [0.15, 0.2) is 0 Å². The Morgan fingerprint density at radius 3 is 2.33 bits per heavy atom. The van der Waals surface area contributed by atoms with E-state index in [1.54, 1.807) is 18.2 Å². The van der Waals surface area contributed by atoms with Crippen molar-refractivity contribution >= 4 is 41.4 Å². The molecule has 1 amide bonds. The summed E-state index contributed by atoms with van der Waals surface area (Å²) in [5.74, 6) is -2.73. The third kappa shape index (κ3) is 13.4. The van der Waals surface area contributed by atoms with Gasteiger partial charge in [0.1, 0.15) is 6.42 Å². The van der Waals surface area contributed by atoms with Gasteiger partial charge in [0, 0.05) is 17.0 Å². The topological polar surface area (TPSA) is 124 Å². The van der Waals surface area contributed by atoms with Gasteiger partial charge in [0.25, 0.3) is 0 Å². The molecule has 0 spiro atoms. The first kappa shape index (κ1) is 31.9. The van der Waals surface area contributed by atoms with E-state index >= 15 is 0 Å². The third-order valence-electron chi connectivity index (χ3n) is 4.25. The zero-order valence-electron chi connectivity index (χ0n) is 20.8. The molecule has 2 rings (SSSR count). The molecule has 0 fully saturated rings.